The predicted octanol–water partition coefficient (Wildman–Crippen LogP) is 2.64. The van der Waals surface area contributed by atoms with Gasteiger partial charge in [0.1, 0.15) is 0 Å². The van der Waals surface area contributed by atoms with E-state index in [1.54, 1.807) is 12.4 Å². The van der Waals surface area contributed by atoms with Crippen molar-refractivity contribution in [2.75, 3.05) is 0 Å². The highest BCUT2D eigenvalue weighted by Gasteiger charge is 2.07. The summed E-state index contributed by atoms with van der Waals surface area (Å²) in [5.41, 5.74) is 5.09. The molecule has 0 aliphatic heterocycles. The molecular formula is C17H13N5OS. The highest BCUT2D eigenvalue weighted by Crippen LogP contribution is 2.12. The molecule has 0 unspecified atom stereocenters. The quantitative estimate of drug-likeness (QED) is 0.460. The summed E-state index contributed by atoms with van der Waals surface area (Å²) in [4.78, 5) is 21.5. The first-order valence-corrected chi connectivity index (χ1v) is 8.24. The van der Waals surface area contributed by atoms with Crippen molar-refractivity contribution in [1.82, 2.24) is 19.8 Å². The number of nitrogens with zero attached hydrogens (tertiary/aromatic N) is 4. The first-order valence-electron chi connectivity index (χ1n) is 7.36. The minimum absolute atomic E-state index is 0.195. The minimum atomic E-state index is -0.195. The van der Waals surface area contributed by atoms with E-state index < -0.39 is 0 Å². The van der Waals surface area contributed by atoms with E-state index >= 15 is 0 Å². The SMILES string of the molecule is O=C(Cc1cn2ccsc2n1)NN=Cc1ccc2ncccc2c1. The molecule has 118 valence electrons. The summed E-state index contributed by atoms with van der Waals surface area (Å²) in [6.07, 6.45) is 7.35. The maximum Gasteiger partial charge on any atom is 0.246 e. The standard InChI is InChI=1S/C17H13N5OS/c23-16(9-14-11-22-6-7-24-17(22)20-14)21-19-10-12-3-4-15-13(8-12)2-1-5-18-15/h1-8,10-11H,9H2,(H,21,23). The van der Waals surface area contributed by atoms with Crippen LogP contribution in [0.5, 0.6) is 0 Å². The van der Waals surface area contributed by atoms with Gasteiger partial charge >= 0.3 is 0 Å². The molecule has 0 radical (unpaired) electrons. The molecule has 6 nitrogen and oxygen atoms in total. The van der Waals surface area contributed by atoms with Crippen LogP contribution in [0.2, 0.25) is 0 Å². The predicted molar refractivity (Wildman–Crippen MR) is 94.3 cm³/mol. The van der Waals surface area contributed by atoms with Crippen LogP contribution >= 0.6 is 11.3 Å². The Bertz CT molecular complexity index is 1020. The smallest absolute Gasteiger partial charge is 0.246 e. The number of carbonyl (C=O) groups excluding carboxylic acids is 1. The zero-order valence-electron chi connectivity index (χ0n) is 12.6. The van der Waals surface area contributed by atoms with Crippen LogP contribution in [0.4, 0.5) is 0 Å². The number of hydrazone groups is 1. The third-order valence-corrected chi connectivity index (χ3v) is 4.29. The molecule has 0 aliphatic rings. The topological polar surface area (TPSA) is 71.7 Å². The molecular weight excluding hydrogens is 322 g/mol. The molecule has 3 heterocycles. The fraction of sp³-hybridized carbons (Fsp3) is 0.0588. The Hall–Kier alpha value is -3.06. The highest BCUT2D eigenvalue weighted by molar-refractivity contribution is 7.15. The van der Waals surface area contributed by atoms with Gasteiger partial charge in [-0.1, -0.05) is 12.1 Å². The second kappa shape index (κ2) is 6.21. The normalized spacial score (nSPS) is 11.5. The molecule has 0 fully saturated rings. The Balaban J connectivity index is 1.40. The van der Waals surface area contributed by atoms with E-state index in [0.29, 0.717) is 0 Å². The fourth-order valence-electron chi connectivity index (χ4n) is 2.42. The third kappa shape index (κ3) is 3.02. The summed E-state index contributed by atoms with van der Waals surface area (Å²) in [6.45, 7) is 0. The average Bonchev–Trinajstić information content (AvgIpc) is 3.16. The number of hydrogen-bond donors (Lipinski definition) is 1. The Morgan fingerprint density at radius 2 is 2.33 bits per heavy atom. The van der Waals surface area contributed by atoms with Crippen molar-refractivity contribution in [3.05, 3.63) is 65.6 Å². The molecule has 0 aliphatic carbocycles. The molecule has 0 saturated heterocycles. The summed E-state index contributed by atoms with van der Waals surface area (Å²) < 4.78 is 1.90. The van der Waals surface area contributed by atoms with E-state index in [2.05, 4.69) is 20.5 Å². The number of rotatable bonds is 4. The van der Waals surface area contributed by atoms with Crippen LogP contribution < -0.4 is 5.43 Å². The van der Waals surface area contributed by atoms with Crippen LogP contribution in [0.15, 0.2) is 59.4 Å². The van der Waals surface area contributed by atoms with Gasteiger partial charge in [0.15, 0.2) is 4.96 Å². The minimum Gasteiger partial charge on any atom is -0.297 e. The Morgan fingerprint density at radius 1 is 1.38 bits per heavy atom. The molecule has 24 heavy (non-hydrogen) atoms. The van der Waals surface area contributed by atoms with Gasteiger partial charge in [-0.2, -0.15) is 5.10 Å². The summed E-state index contributed by atoms with van der Waals surface area (Å²) in [7, 11) is 0. The average molecular weight is 335 g/mol. The monoisotopic (exact) mass is 335 g/mol. The van der Waals surface area contributed by atoms with Crippen molar-refractivity contribution in [3.8, 4) is 0 Å². The fourth-order valence-corrected chi connectivity index (χ4v) is 3.14. The zero-order chi connectivity index (χ0) is 16.4. The van der Waals surface area contributed by atoms with Gasteiger partial charge < -0.3 is 0 Å². The number of pyridine rings is 1. The number of carbonyl (C=O) groups is 1. The second-order valence-electron chi connectivity index (χ2n) is 5.25. The summed E-state index contributed by atoms with van der Waals surface area (Å²) in [5, 5.41) is 7.00. The summed E-state index contributed by atoms with van der Waals surface area (Å²) >= 11 is 1.54. The molecule has 4 rings (SSSR count). The van der Waals surface area contributed by atoms with Crippen LogP contribution in [0, 0.1) is 0 Å². The summed E-state index contributed by atoms with van der Waals surface area (Å²) in [6, 6.07) is 9.69. The maximum absolute atomic E-state index is 11.9. The third-order valence-electron chi connectivity index (χ3n) is 3.51. The number of hydrogen-bond acceptors (Lipinski definition) is 5. The number of amides is 1. The molecule has 0 spiro atoms. The molecule has 1 aromatic carbocycles. The van der Waals surface area contributed by atoms with E-state index in [0.717, 1.165) is 27.1 Å². The van der Waals surface area contributed by atoms with E-state index in [1.807, 2.05) is 52.5 Å². The van der Waals surface area contributed by atoms with Gasteiger partial charge in [0.2, 0.25) is 5.91 Å². The lowest BCUT2D eigenvalue weighted by atomic mass is 10.1. The lowest BCUT2D eigenvalue weighted by Crippen LogP contribution is -2.19. The number of thiazole rings is 1. The Labute approximate surface area is 141 Å². The van der Waals surface area contributed by atoms with Crippen LogP contribution in [0.3, 0.4) is 0 Å². The number of benzene rings is 1. The van der Waals surface area contributed by atoms with Crippen molar-refractivity contribution < 1.29 is 4.79 Å². The van der Waals surface area contributed by atoms with Crippen molar-refractivity contribution >= 4 is 39.3 Å². The van der Waals surface area contributed by atoms with Crippen LogP contribution in [-0.4, -0.2) is 26.5 Å². The van der Waals surface area contributed by atoms with E-state index in [4.69, 9.17) is 0 Å². The molecule has 3 aromatic heterocycles. The van der Waals surface area contributed by atoms with Crippen molar-refractivity contribution in [1.29, 1.82) is 0 Å². The number of fused-ring (bicyclic) bond motifs is 2. The lowest BCUT2D eigenvalue weighted by Gasteiger charge is -1.99. The molecule has 0 bridgehead atoms. The van der Waals surface area contributed by atoms with E-state index in [-0.39, 0.29) is 12.3 Å². The molecule has 7 heteroatoms. The van der Waals surface area contributed by atoms with Gasteiger partial charge in [0, 0.05) is 29.4 Å². The summed E-state index contributed by atoms with van der Waals surface area (Å²) in [5.74, 6) is -0.195. The van der Waals surface area contributed by atoms with Gasteiger partial charge in [-0.3, -0.25) is 14.2 Å². The first kappa shape index (κ1) is 14.5. The van der Waals surface area contributed by atoms with Crippen molar-refractivity contribution in [3.63, 3.8) is 0 Å². The van der Waals surface area contributed by atoms with Gasteiger partial charge in [0.25, 0.3) is 0 Å². The first-order chi connectivity index (χ1) is 11.8. The number of imidazole rings is 1. The zero-order valence-corrected chi connectivity index (χ0v) is 13.4. The molecule has 0 saturated carbocycles. The van der Waals surface area contributed by atoms with E-state index in [1.165, 1.54) is 11.3 Å². The Morgan fingerprint density at radius 3 is 3.25 bits per heavy atom. The maximum atomic E-state index is 11.9. The molecule has 1 N–H and O–H groups in total. The van der Waals surface area contributed by atoms with Crippen molar-refractivity contribution in [2.24, 2.45) is 5.10 Å². The van der Waals surface area contributed by atoms with Gasteiger partial charge in [-0.05, 0) is 23.8 Å². The second-order valence-corrected chi connectivity index (χ2v) is 6.12. The van der Waals surface area contributed by atoms with Gasteiger partial charge in [-0.15, -0.1) is 11.3 Å². The molecule has 0 atom stereocenters. The number of nitrogens with one attached hydrogen (secondary N) is 1. The molecule has 1 amide bonds. The van der Waals surface area contributed by atoms with Crippen LogP contribution in [-0.2, 0) is 11.2 Å². The van der Waals surface area contributed by atoms with Crippen LogP contribution in [0.25, 0.3) is 15.9 Å². The van der Waals surface area contributed by atoms with Crippen LogP contribution in [0.1, 0.15) is 11.3 Å². The Kier molecular flexibility index (Phi) is 3.76. The molecule has 4 aromatic rings. The highest BCUT2D eigenvalue weighted by atomic mass is 32.1. The van der Waals surface area contributed by atoms with E-state index in [9.17, 15) is 4.79 Å². The van der Waals surface area contributed by atoms with Gasteiger partial charge in [-0.25, -0.2) is 10.4 Å². The van der Waals surface area contributed by atoms with Gasteiger partial charge in [0.05, 0.1) is 23.8 Å². The van der Waals surface area contributed by atoms with Crippen molar-refractivity contribution in [2.45, 2.75) is 6.42 Å². The lowest BCUT2D eigenvalue weighted by molar-refractivity contribution is -0.120. The largest absolute Gasteiger partial charge is 0.297 e. The number of aromatic nitrogens is 3.